The topological polar surface area (TPSA) is 83.8 Å². The number of nitro benzene ring substituents is 1. The van der Waals surface area contributed by atoms with Crippen molar-refractivity contribution in [3.63, 3.8) is 0 Å². The molecule has 7 heteroatoms. The van der Waals surface area contributed by atoms with Crippen LogP contribution in [0.3, 0.4) is 0 Å². The standard InChI is InChI=1S/C19H23N3O4/c1-2-3-4-5-18(23)21-16-10-11-17(21)13-20(12-16)19(24)14-6-8-15(9-7-14)22(25)26/h2,6-9,16-17H,1,3-5,10-13H2/t16-,17+. The fraction of sp³-hybridized carbons (Fsp3) is 0.474. The second-order valence-electron chi connectivity index (χ2n) is 6.88. The van der Waals surface area contributed by atoms with Gasteiger partial charge in [0.05, 0.1) is 4.92 Å². The van der Waals surface area contributed by atoms with Crippen molar-refractivity contribution >= 4 is 17.5 Å². The van der Waals surface area contributed by atoms with Gasteiger partial charge >= 0.3 is 0 Å². The molecular weight excluding hydrogens is 334 g/mol. The van der Waals surface area contributed by atoms with Gasteiger partial charge in [-0.15, -0.1) is 6.58 Å². The molecule has 2 heterocycles. The van der Waals surface area contributed by atoms with Gasteiger partial charge in [0.2, 0.25) is 5.91 Å². The van der Waals surface area contributed by atoms with E-state index in [9.17, 15) is 19.7 Å². The number of unbranched alkanes of at least 4 members (excludes halogenated alkanes) is 1. The zero-order chi connectivity index (χ0) is 18.7. The quantitative estimate of drug-likeness (QED) is 0.339. The highest BCUT2D eigenvalue weighted by atomic mass is 16.6. The Labute approximate surface area is 152 Å². The Morgan fingerprint density at radius 1 is 1.19 bits per heavy atom. The van der Waals surface area contributed by atoms with Crippen molar-refractivity contribution in [2.75, 3.05) is 13.1 Å². The van der Waals surface area contributed by atoms with Crippen LogP contribution in [0.2, 0.25) is 0 Å². The molecule has 2 aliphatic rings. The molecule has 0 spiro atoms. The van der Waals surface area contributed by atoms with Gasteiger partial charge in [0.1, 0.15) is 0 Å². The summed E-state index contributed by atoms with van der Waals surface area (Å²) in [5.41, 5.74) is 0.414. The lowest BCUT2D eigenvalue weighted by Gasteiger charge is -2.41. The van der Waals surface area contributed by atoms with Gasteiger partial charge < -0.3 is 9.80 Å². The van der Waals surface area contributed by atoms with Crippen LogP contribution in [0, 0.1) is 10.1 Å². The first-order valence-electron chi connectivity index (χ1n) is 8.97. The summed E-state index contributed by atoms with van der Waals surface area (Å²) in [5, 5.41) is 10.7. The number of hydrogen-bond acceptors (Lipinski definition) is 4. The van der Waals surface area contributed by atoms with Crippen LogP contribution in [0.5, 0.6) is 0 Å². The van der Waals surface area contributed by atoms with E-state index in [1.165, 1.54) is 24.3 Å². The molecule has 2 atom stereocenters. The molecule has 2 saturated heterocycles. The number of carbonyl (C=O) groups excluding carboxylic acids is 2. The average molecular weight is 357 g/mol. The Morgan fingerprint density at radius 2 is 1.81 bits per heavy atom. The normalized spacial score (nSPS) is 21.5. The van der Waals surface area contributed by atoms with Crippen LogP contribution in [0.1, 0.15) is 42.5 Å². The van der Waals surface area contributed by atoms with Gasteiger partial charge in [-0.2, -0.15) is 0 Å². The summed E-state index contributed by atoms with van der Waals surface area (Å²) in [7, 11) is 0. The Bertz CT molecular complexity index is 702. The molecule has 1 aromatic rings. The summed E-state index contributed by atoms with van der Waals surface area (Å²) in [4.78, 5) is 39.2. The van der Waals surface area contributed by atoms with Crippen LogP contribution in [0.4, 0.5) is 5.69 Å². The van der Waals surface area contributed by atoms with Gasteiger partial charge in [-0.3, -0.25) is 19.7 Å². The maximum absolute atomic E-state index is 12.7. The van der Waals surface area contributed by atoms with Crippen LogP contribution in [-0.2, 0) is 4.79 Å². The van der Waals surface area contributed by atoms with E-state index >= 15 is 0 Å². The highest BCUT2D eigenvalue weighted by Gasteiger charge is 2.43. The number of rotatable bonds is 6. The Morgan fingerprint density at radius 3 is 2.35 bits per heavy atom. The number of benzene rings is 1. The number of allylic oxidation sites excluding steroid dienone is 1. The van der Waals surface area contributed by atoms with Gasteiger partial charge in [0.25, 0.3) is 11.6 Å². The lowest BCUT2D eigenvalue weighted by atomic mass is 10.1. The molecule has 3 rings (SSSR count). The molecule has 0 aliphatic carbocycles. The molecule has 0 unspecified atom stereocenters. The molecule has 0 radical (unpaired) electrons. The van der Waals surface area contributed by atoms with Gasteiger partial charge in [-0.1, -0.05) is 6.08 Å². The Hall–Kier alpha value is -2.70. The molecule has 1 aromatic carbocycles. The summed E-state index contributed by atoms with van der Waals surface area (Å²) in [6.45, 7) is 4.73. The summed E-state index contributed by atoms with van der Waals surface area (Å²) in [5.74, 6) is 0.0392. The third kappa shape index (κ3) is 3.61. The number of nitro groups is 1. The monoisotopic (exact) mass is 357 g/mol. The van der Waals surface area contributed by atoms with Crippen molar-refractivity contribution in [3.8, 4) is 0 Å². The number of hydrogen-bond donors (Lipinski definition) is 0. The Balaban J connectivity index is 1.64. The maximum Gasteiger partial charge on any atom is 0.269 e. The summed E-state index contributed by atoms with van der Waals surface area (Å²) >= 11 is 0. The lowest BCUT2D eigenvalue weighted by molar-refractivity contribution is -0.384. The van der Waals surface area contributed by atoms with E-state index < -0.39 is 4.92 Å². The predicted molar refractivity (Wildman–Crippen MR) is 96.7 cm³/mol. The predicted octanol–water partition coefficient (Wildman–Crippen LogP) is 2.77. The first-order valence-corrected chi connectivity index (χ1v) is 8.97. The molecule has 2 amide bonds. The summed E-state index contributed by atoms with van der Waals surface area (Å²) in [6, 6.07) is 5.84. The van der Waals surface area contributed by atoms with Crippen LogP contribution >= 0.6 is 0 Å². The number of likely N-dealkylation sites (tertiary alicyclic amines) is 1. The minimum absolute atomic E-state index is 0.0310. The van der Waals surface area contributed by atoms with Crippen LogP contribution in [0.25, 0.3) is 0 Å². The van der Waals surface area contributed by atoms with Gasteiger partial charge in [-0.05, 0) is 37.8 Å². The van der Waals surface area contributed by atoms with E-state index in [0.29, 0.717) is 25.1 Å². The Kier molecular flexibility index (Phi) is 5.35. The minimum atomic E-state index is -0.481. The average Bonchev–Trinajstić information content (AvgIpc) is 2.91. The number of carbonyl (C=O) groups is 2. The van der Waals surface area contributed by atoms with Crippen molar-refractivity contribution in [1.82, 2.24) is 9.80 Å². The fourth-order valence-electron chi connectivity index (χ4n) is 3.91. The van der Waals surface area contributed by atoms with Gasteiger partial charge in [0.15, 0.2) is 0 Å². The molecule has 2 aliphatic heterocycles. The highest BCUT2D eigenvalue weighted by Crippen LogP contribution is 2.32. The van der Waals surface area contributed by atoms with Gasteiger partial charge in [0, 0.05) is 49.3 Å². The van der Waals surface area contributed by atoms with Gasteiger partial charge in [-0.25, -0.2) is 0 Å². The smallest absolute Gasteiger partial charge is 0.269 e. The highest BCUT2D eigenvalue weighted by molar-refractivity contribution is 5.94. The van der Waals surface area contributed by atoms with E-state index in [1.807, 2.05) is 11.0 Å². The van der Waals surface area contributed by atoms with Crippen molar-refractivity contribution in [3.05, 3.63) is 52.6 Å². The summed E-state index contributed by atoms with van der Waals surface area (Å²) in [6.07, 6.45) is 5.82. The van der Waals surface area contributed by atoms with E-state index in [0.717, 1.165) is 25.7 Å². The third-order valence-corrected chi connectivity index (χ3v) is 5.18. The molecule has 0 N–H and O–H groups in total. The molecule has 2 bridgehead atoms. The van der Waals surface area contributed by atoms with E-state index in [2.05, 4.69) is 6.58 Å². The second kappa shape index (κ2) is 7.68. The lowest BCUT2D eigenvalue weighted by Crippen LogP contribution is -2.57. The minimum Gasteiger partial charge on any atom is -0.335 e. The number of amides is 2. The van der Waals surface area contributed by atoms with E-state index in [-0.39, 0.29) is 29.6 Å². The molecular formula is C19H23N3O4. The first kappa shape index (κ1) is 18.1. The zero-order valence-corrected chi connectivity index (χ0v) is 14.7. The van der Waals surface area contributed by atoms with Crippen molar-refractivity contribution < 1.29 is 14.5 Å². The SMILES string of the molecule is C=CCCCC(=O)N1[C@@H]2CC[C@H]1CN(C(=O)c1ccc([N+](=O)[O-])cc1)C2. The van der Waals surface area contributed by atoms with Crippen molar-refractivity contribution in [1.29, 1.82) is 0 Å². The van der Waals surface area contributed by atoms with E-state index in [1.54, 1.807) is 4.90 Å². The fourth-order valence-corrected chi connectivity index (χ4v) is 3.91. The molecule has 2 fully saturated rings. The molecule has 138 valence electrons. The van der Waals surface area contributed by atoms with Crippen molar-refractivity contribution in [2.24, 2.45) is 0 Å². The summed E-state index contributed by atoms with van der Waals surface area (Å²) < 4.78 is 0. The number of fused-ring (bicyclic) bond motifs is 2. The van der Waals surface area contributed by atoms with E-state index in [4.69, 9.17) is 0 Å². The largest absolute Gasteiger partial charge is 0.335 e. The number of nitrogens with zero attached hydrogens (tertiary/aromatic N) is 3. The molecule has 0 aromatic heterocycles. The second-order valence-corrected chi connectivity index (χ2v) is 6.88. The zero-order valence-electron chi connectivity index (χ0n) is 14.7. The maximum atomic E-state index is 12.7. The first-order chi connectivity index (χ1) is 12.5. The van der Waals surface area contributed by atoms with Crippen molar-refractivity contribution in [2.45, 2.75) is 44.2 Å². The number of piperazine rings is 1. The molecule has 7 nitrogen and oxygen atoms in total. The van der Waals surface area contributed by atoms with Crippen LogP contribution < -0.4 is 0 Å². The third-order valence-electron chi connectivity index (χ3n) is 5.18. The number of non-ortho nitro benzene ring substituents is 1. The van der Waals surface area contributed by atoms with Crippen LogP contribution in [-0.4, -0.2) is 51.7 Å². The molecule has 0 saturated carbocycles. The van der Waals surface area contributed by atoms with Crippen LogP contribution in [0.15, 0.2) is 36.9 Å². The molecule has 26 heavy (non-hydrogen) atoms.